The Balaban J connectivity index is 2.58. The molecule has 8 heavy (non-hydrogen) atoms. The SMILES string of the molecule is NC1C=CC(Br)=CN1. The molecule has 1 atom stereocenters. The average molecular weight is 175 g/mol. The van der Waals surface area contributed by atoms with E-state index in [1.165, 1.54) is 0 Å². The van der Waals surface area contributed by atoms with Crippen LogP contribution >= 0.6 is 15.9 Å². The summed E-state index contributed by atoms with van der Waals surface area (Å²) in [5.74, 6) is 0. The summed E-state index contributed by atoms with van der Waals surface area (Å²) >= 11 is 3.27. The first-order valence-corrected chi connectivity index (χ1v) is 3.14. The van der Waals surface area contributed by atoms with Gasteiger partial charge >= 0.3 is 0 Å². The molecule has 3 heteroatoms. The molecule has 0 aromatic heterocycles. The first-order chi connectivity index (χ1) is 3.79. The van der Waals surface area contributed by atoms with Crippen LogP contribution in [-0.2, 0) is 0 Å². The van der Waals surface area contributed by atoms with Gasteiger partial charge in [0.05, 0.1) is 6.17 Å². The van der Waals surface area contributed by atoms with Crippen molar-refractivity contribution < 1.29 is 0 Å². The summed E-state index contributed by atoms with van der Waals surface area (Å²) in [4.78, 5) is 0. The van der Waals surface area contributed by atoms with Gasteiger partial charge < -0.3 is 11.1 Å². The summed E-state index contributed by atoms with van der Waals surface area (Å²) in [6.07, 6.45) is 5.60. The Labute approximate surface area is 56.6 Å². The third kappa shape index (κ3) is 1.35. The van der Waals surface area contributed by atoms with Crippen molar-refractivity contribution in [3.8, 4) is 0 Å². The summed E-state index contributed by atoms with van der Waals surface area (Å²) in [6, 6.07) is 0. The summed E-state index contributed by atoms with van der Waals surface area (Å²) in [5, 5.41) is 2.91. The van der Waals surface area contributed by atoms with E-state index in [1.54, 1.807) is 0 Å². The first kappa shape index (κ1) is 5.85. The fourth-order valence-electron chi connectivity index (χ4n) is 0.475. The zero-order valence-corrected chi connectivity index (χ0v) is 5.85. The Kier molecular flexibility index (Phi) is 1.70. The maximum Gasteiger partial charge on any atom is 0.0934 e. The molecule has 0 spiro atoms. The van der Waals surface area contributed by atoms with Crippen LogP contribution in [0.4, 0.5) is 0 Å². The van der Waals surface area contributed by atoms with E-state index in [0.717, 1.165) is 4.48 Å². The van der Waals surface area contributed by atoms with Crippen LogP contribution < -0.4 is 11.1 Å². The van der Waals surface area contributed by atoms with Crippen molar-refractivity contribution in [3.05, 3.63) is 22.8 Å². The van der Waals surface area contributed by atoms with E-state index >= 15 is 0 Å². The molecule has 0 fully saturated rings. The number of nitrogens with one attached hydrogen (secondary N) is 1. The van der Waals surface area contributed by atoms with Gasteiger partial charge in [0.2, 0.25) is 0 Å². The van der Waals surface area contributed by atoms with Crippen LogP contribution in [0.5, 0.6) is 0 Å². The van der Waals surface area contributed by atoms with Crippen LogP contribution in [0.1, 0.15) is 0 Å². The summed E-state index contributed by atoms with van der Waals surface area (Å²) < 4.78 is 1.03. The maximum atomic E-state index is 5.43. The van der Waals surface area contributed by atoms with E-state index in [2.05, 4.69) is 21.2 Å². The molecule has 1 rings (SSSR count). The normalized spacial score (nSPS) is 26.8. The van der Waals surface area contributed by atoms with E-state index in [1.807, 2.05) is 18.4 Å². The first-order valence-electron chi connectivity index (χ1n) is 2.34. The molecule has 3 N–H and O–H groups in total. The molecule has 0 bridgehead atoms. The molecule has 1 aliphatic heterocycles. The second-order valence-electron chi connectivity index (χ2n) is 1.58. The van der Waals surface area contributed by atoms with Crippen LogP contribution in [0.15, 0.2) is 22.8 Å². The molecule has 0 aromatic carbocycles. The molecule has 0 saturated heterocycles. The summed E-state index contributed by atoms with van der Waals surface area (Å²) in [7, 11) is 0. The van der Waals surface area contributed by atoms with Crippen molar-refractivity contribution in [3.63, 3.8) is 0 Å². The predicted molar refractivity (Wildman–Crippen MR) is 37.3 cm³/mol. The van der Waals surface area contributed by atoms with Gasteiger partial charge in [-0.1, -0.05) is 0 Å². The molecular formula is C5H7BrN2. The molecule has 1 unspecified atom stereocenters. The molecule has 0 radical (unpaired) electrons. The highest BCUT2D eigenvalue weighted by Crippen LogP contribution is 2.07. The third-order valence-electron chi connectivity index (χ3n) is 0.876. The number of hydrogen-bond donors (Lipinski definition) is 2. The van der Waals surface area contributed by atoms with Gasteiger partial charge in [-0.15, -0.1) is 0 Å². The van der Waals surface area contributed by atoms with Gasteiger partial charge in [-0.2, -0.15) is 0 Å². The second-order valence-corrected chi connectivity index (χ2v) is 2.50. The fraction of sp³-hybridized carbons (Fsp3) is 0.200. The minimum Gasteiger partial charge on any atom is -0.372 e. The van der Waals surface area contributed by atoms with Gasteiger partial charge in [-0.05, 0) is 28.1 Å². The Morgan fingerprint density at radius 2 is 2.50 bits per heavy atom. The number of allylic oxidation sites excluding steroid dienone is 2. The van der Waals surface area contributed by atoms with Crippen molar-refractivity contribution in [2.75, 3.05) is 0 Å². The minimum absolute atomic E-state index is 0.0173. The number of dihydropyridines is 1. The standard InChI is InChI=1S/C5H7BrN2/c6-4-1-2-5(7)8-3-4/h1-3,5,8H,7H2. The maximum absolute atomic E-state index is 5.43. The lowest BCUT2D eigenvalue weighted by atomic mass is 10.3. The molecule has 1 heterocycles. The Morgan fingerprint density at radius 3 is 2.88 bits per heavy atom. The van der Waals surface area contributed by atoms with Gasteiger partial charge in [0.25, 0.3) is 0 Å². The van der Waals surface area contributed by atoms with E-state index in [0.29, 0.717) is 0 Å². The van der Waals surface area contributed by atoms with Crippen molar-refractivity contribution in [1.82, 2.24) is 5.32 Å². The molecule has 0 saturated carbocycles. The fourth-order valence-corrected chi connectivity index (χ4v) is 0.760. The lowest BCUT2D eigenvalue weighted by Gasteiger charge is -2.10. The molecule has 2 nitrogen and oxygen atoms in total. The van der Waals surface area contributed by atoms with Gasteiger partial charge in [-0.3, -0.25) is 0 Å². The highest BCUT2D eigenvalue weighted by Gasteiger charge is 1.96. The van der Waals surface area contributed by atoms with E-state index in [-0.39, 0.29) is 6.17 Å². The lowest BCUT2D eigenvalue weighted by Crippen LogP contribution is -2.32. The summed E-state index contributed by atoms with van der Waals surface area (Å²) in [5.41, 5.74) is 5.43. The number of nitrogens with two attached hydrogens (primary N) is 1. The zero-order chi connectivity index (χ0) is 5.98. The van der Waals surface area contributed by atoms with Gasteiger partial charge in [0, 0.05) is 10.7 Å². The van der Waals surface area contributed by atoms with Crippen molar-refractivity contribution in [2.45, 2.75) is 6.17 Å². The molecule has 44 valence electrons. The molecule has 0 aromatic rings. The quantitative estimate of drug-likeness (QED) is 0.567. The van der Waals surface area contributed by atoms with E-state index < -0.39 is 0 Å². The van der Waals surface area contributed by atoms with Gasteiger partial charge in [-0.25, -0.2) is 0 Å². The highest BCUT2D eigenvalue weighted by molar-refractivity contribution is 9.11. The second kappa shape index (κ2) is 2.33. The monoisotopic (exact) mass is 174 g/mol. The zero-order valence-electron chi connectivity index (χ0n) is 4.26. The Bertz CT molecular complexity index is 139. The number of halogens is 1. The summed E-state index contributed by atoms with van der Waals surface area (Å²) in [6.45, 7) is 0. The van der Waals surface area contributed by atoms with Crippen molar-refractivity contribution >= 4 is 15.9 Å². The Hall–Kier alpha value is -0.280. The van der Waals surface area contributed by atoms with E-state index in [4.69, 9.17) is 5.73 Å². The largest absolute Gasteiger partial charge is 0.372 e. The van der Waals surface area contributed by atoms with Crippen LogP contribution in [0, 0.1) is 0 Å². The van der Waals surface area contributed by atoms with Gasteiger partial charge in [0.15, 0.2) is 0 Å². The topological polar surface area (TPSA) is 38.0 Å². The van der Waals surface area contributed by atoms with Crippen LogP contribution in [0.2, 0.25) is 0 Å². The van der Waals surface area contributed by atoms with Crippen molar-refractivity contribution in [1.29, 1.82) is 0 Å². The predicted octanol–water partition coefficient (Wildman–Crippen LogP) is 0.667. The molecule has 0 aliphatic carbocycles. The molecular weight excluding hydrogens is 168 g/mol. The number of rotatable bonds is 0. The number of hydrogen-bond acceptors (Lipinski definition) is 2. The smallest absolute Gasteiger partial charge is 0.0934 e. The molecule has 0 amide bonds. The third-order valence-corrected chi connectivity index (χ3v) is 1.37. The molecule has 1 aliphatic rings. The highest BCUT2D eigenvalue weighted by atomic mass is 79.9. The Morgan fingerprint density at radius 1 is 1.75 bits per heavy atom. The lowest BCUT2D eigenvalue weighted by molar-refractivity contribution is 0.726. The van der Waals surface area contributed by atoms with Crippen LogP contribution in [0.3, 0.4) is 0 Å². The van der Waals surface area contributed by atoms with Crippen LogP contribution in [0.25, 0.3) is 0 Å². The average Bonchev–Trinajstić information content (AvgIpc) is 1.77. The van der Waals surface area contributed by atoms with Crippen molar-refractivity contribution in [2.24, 2.45) is 5.73 Å². The minimum atomic E-state index is -0.0173. The van der Waals surface area contributed by atoms with Crippen LogP contribution in [-0.4, -0.2) is 6.17 Å². The van der Waals surface area contributed by atoms with Gasteiger partial charge in [0.1, 0.15) is 0 Å². The van der Waals surface area contributed by atoms with E-state index in [9.17, 15) is 0 Å².